The molecule has 2 atom stereocenters. The van der Waals surface area contributed by atoms with E-state index in [1.165, 1.54) is 12.0 Å². The van der Waals surface area contributed by atoms with E-state index in [1.54, 1.807) is 0 Å². The molecule has 0 amide bonds. The Balaban J connectivity index is 1.65. The van der Waals surface area contributed by atoms with Crippen molar-refractivity contribution in [3.8, 4) is 11.5 Å². The van der Waals surface area contributed by atoms with E-state index in [2.05, 4.69) is 31.3 Å². The standard InChI is InChI=1S/C17H24ClNO2/c1-11(2)9-19-10-13-6-14(13)12-7-15(18)17-16(8-12)20-4-3-5-21-17/h7-8,11,13-14,19H,3-6,9-10H2,1-2H3. The monoisotopic (exact) mass is 309 g/mol. The number of hydrogen-bond donors (Lipinski definition) is 1. The summed E-state index contributed by atoms with van der Waals surface area (Å²) in [7, 11) is 0. The summed E-state index contributed by atoms with van der Waals surface area (Å²) in [6.07, 6.45) is 2.15. The van der Waals surface area contributed by atoms with Crippen molar-refractivity contribution in [2.75, 3.05) is 26.3 Å². The molecular weight excluding hydrogens is 286 g/mol. The van der Waals surface area contributed by atoms with Crippen molar-refractivity contribution >= 4 is 11.6 Å². The summed E-state index contributed by atoms with van der Waals surface area (Å²) in [6.45, 7) is 8.04. The molecule has 2 unspecified atom stereocenters. The van der Waals surface area contributed by atoms with E-state index in [1.807, 2.05) is 0 Å². The van der Waals surface area contributed by atoms with Crippen molar-refractivity contribution in [2.24, 2.45) is 11.8 Å². The fraction of sp³-hybridized carbons (Fsp3) is 0.647. The molecule has 1 fully saturated rings. The van der Waals surface area contributed by atoms with Crippen LogP contribution in [0.4, 0.5) is 0 Å². The van der Waals surface area contributed by atoms with Crippen molar-refractivity contribution in [1.29, 1.82) is 0 Å². The molecule has 3 nitrogen and oxygen atoms in total. The number of rotatable bonds is 5. The van der Waals surface area contributed by atoms with Crippen molar-refractivity contribution < 1.29 is 9.47 Å². The van der Waals surface area contributed by atoms with Crippen LogP contribution in [-0.4, -0.2) is 26.3 Å². The zero-order valence-electron chi connectivity index (χ0n) is 12.8. The number of ether oxygens (including phenoxy) is 2. The first kappa shape index (κ1) is 15.0. The zero-order chi connectivity index (χ0) is 14.8. The van der Waals surface area contributed by atoms with Crippen LogP contribution in [0, 0.1) is 11.8 Å². The van der Waals surface area contributed by atoms with Crippen molar-refractivity contribution in [2.45, 2.75) is 32.6 Å². The van der Waals surface area contributed by atoms with Gasteiger partial charge in [-0.25, -0.2) is 0 Å². The van der Waals surface area contributed by atoms with Crippen LogP contribution in [0.5, 0.6) is 11.5 Å². The van der Waals surface area contributed by atoms with Gasteiger partial charge in [-0.3, -0.25) is 0 Å². The molecule has 0 saturated heterocycles. The molecule has 1 aliphatic heterocycles. The van der Waals surface area contributed by atoms with Gasteiger partial charge in [-0.1, -0.05) is 25.4 Å². The molecule has 116 valence electrons. The van der Waals surface area contributed by atoms with E-state index in [9.17, 15) is 0 Å². The molecule has 1 aromatic carbocycles. The fourth-order valence-electron chi connectivity index (χ4n) is 2.90. The van der Waals surface area contributed by atoms with Crippen LogP contribution in [-0.2, 0) is 0 Å². The Morgan fingerprint density at radius 3 is 2.90 bits per heavy atom. The highest BCUT2D eigenvalue weighted by atomic mass is 35.5. The van der Waals surface area contributed by atoms with E-state index in [0.717, 1.165) is 31.2 Å². The number of hydrogen-bond acceptors (Lipinski definition) is 3. The van der Waals surface area contributed by atoms with Crippen LogP contribution in [0.15, 0.2) is 12.1 Å². The highest BCUT2D eigenvalue weighted by Gasteiger charge is 2.38. The molecule has 2 aliphatic rings. The third-order valence-corrected chi connectivity index (χ3v) is 4.42. The Kier molecular flexibility index (Phi) is 4.60. The quantitative estimate of drug-likeness (QED) is 0.896. The smallest absolute Gasteiger partial charge is 0.179 e. The predicted octanol–water partition coefficient (Wildman–Crippen LogP) is 3.85. The van der Waals surface area contributed by atoms with Crippen molar-refractivity contribution in [3.63, 3.8) is 0 Å². The molecule has 0 radical (unpaired) electrons. The minimum absolute atomic E-state index is 0.610. The van der Waals surface area contributed by atoms with Gasteiger partial charge in [0.15, 0.2) is 11.5 Å². The maximum atomic E-state index is 6.36. The Hall–Kier alpha value is -0.930. The summed E-state index contributed by atoms with van der Waals surface area (Å²) >= 11 is 6.36. The summed E-state index contributed by atoms with van der Waals surface area (Å²) in [5.74, 6) is 3.57. The minimum atomic E-state index is 0.610. The first-order valence-electron chi connectivity index (χ1n) is 7.95. The minimum Gasteiger partial charge on any atom is -0.489 e. The van der Waals surface area contributed by atoms with Crippen molar-refractivity contribution in [3.05, 3.63) is 22.7 Å². The van der Waals surface area contributed by atoms with Crippen LogP contribution in [0.3, 0.4) is 0 Å². The molecule has 1 heterocycles. The first-order chi connectivity index (χ1) is 10.1. The van der Waals surface area contributed by atoms with Gasteiger partial charge in [-0.15, -0.1) is 0 Å². The van der Waals surface area contributed by atoms with Crippen LogP contribution in [0.1, 0.15) is 38.2 Å². The molecule has 1 saturated carbocycles. The van der Waals surface area contributed by atoms with Crippen LogP contribution >= 0.6 is 11.6 Å². The summed E-state index contributed by atoms with van der Waals surface area (Å²) in [4.78, 5) is 0. The molecule has 4 heteroatoms. The van der Waals surface area contributed by atoms with Gasteiger partial charge in [0.1, 0.15) is 0 Å². The molecule has 0 aromatic heterocycles. The topological polar surface area (TPSA) is 30.5 Å². The maximum Gasteiger partial charge on any atom is 0.179 e. The summed E-state index contributed by atoms with van der Waals surface area (Å²) in [5, 5.41) is 4.23. The second-order valence-corrected chi connectivity index (χ2v) is 6.94. The lowest BCUT2D eigenvalue weighted by atomic mass is 10.1. The Morgan fingerprint density at radius 2 is 2.10 bits per heavy atom. The van der Waals surface area contributed by atoms with Gasteiger partial charge in [0.05, 0.1) is 18.2 Å². The lowest BCUT2D eigenvalue weighted by Gasteiger charge is -2.12. The predicted molar refractivity (Wildman–Crippen MR) is 85.6 cm³/mol. The summed E-state index contributed by atoms with van der Waals surface area (Å²) in [5.41, 5.74) is 1.29. The van der Waals surface area contributed by atoms with E-state index < -0.39 is 0 Å². The van der Waals surface area contributed by atoms with Crippen LogP contribution < -0.4 is 14.8 Å². The lowest BCUT2D eigenvalue weighted by Crippen LogP contribution is -2.22. The second kappa shape index (κ2) is 6.45. The molecular formula is C17H24ClNO2. The van der Waals surface area contributed by atoms with E-state index in [0.29, 0.717) is 35.8 Å². The molecule has 3 rings (SSSR count). The molecule has 1 aliphatic carbocycles. The summed E-state index contributed by atoms with van der Waals surface area (Å²) < 4.78 is 11.5. The second-order valence-electron chi connectivity index (χ2n) is 6.53. The Bertz CT molecular complexity index is 504. The van der Waals surface area contributed by atoms with Crippen LogP contribution in [0.2, 0.25) is 5.02 Å². The van der Waals surface area contributed by atoms with Gasteiger partial charge < -0.3 is 14.8 Å². The largest absolute Gasteiger partial charge is 0.489 e. The van der Waals surface area contributed by atoms with Gasteiger partial charge in [0, 0.05) is 6.42 Å². The SMILES string of the molecule is CC(C)CNCC1CC1c1cc(Cl)c2c(c1)OCCCO2. The number of fused-ring (bicyclic) bond motifs is 1. The molecule has 1 aromatic rings. The number of benzene rings is 1. The van der Waals surface area contributed by atoms with E-state index in [-0.39, 0.29) is 0 Å². The highest BCUT2D eigenvalue weighted by molar-refractivity contribution is 6.32. The Labute approximate surface area is 132 Å². The molecule has 0 bridgehead atoms. The lowest BCUT2D eigenvalue weighted by molar-refractivity contribution is 0.297. The first-order valence-corrected chi connectivity index (χ1v) is 8.32. The average molecular weight is 310 g/mol. The van der Waals surface area contributed by atoms with Gasteiger partial charge in [-0.2, -0.15) is 0 Å². The summed E-state index contributed by atoms with van der Waals surface area (Å²) in [6, 6.07) is 4.18. The highest BCUT2D eigenvalue weighted by Crippen LogP contribution is 2.50. The third-order valence-electron chi connectivity index (χ3n) is 4.13. The van der Waals surface area contributed by atoms with Crippen LogP contribution in [0.25, 0.3) is 0 Å². The van der Waals surface area contributed by atoms with Crippen molar-refractivity contribution in [1.82, 2.24) is 5.32 Å². The van der Waals surface area contributed by atoms with E-state index >= 15 is 0 Å². The molecule has 1 N–H and O–H groups in total. The van der Waals surface area contributed by atoms with Gasteiger partial charge in [0.2, 0.25) is 0 Å². The molecule has 0 spiro atoms. The van der Waals surface area contributed by atoms with Gasteiger partial charge >= 0.3 is 0 Å². The van der Waals surface area contributed by atoms with Gasteiger partial charge in [-0.05, 0) is 55.0 Å². The average Bonchev–Trinajstić information content (AvgIpc) is 3.20. The Morgan fingerprint density at radius 1 is 1.29 bits per heavy atom. The van der Waals surface area contributed by atoms with E-state index in [4.69, 9.17) is 21.1 Å². The zero-order valence-corrected chi connectivity index (χ0v) is 13.6. The van der Waals surface area contributed by atoms with Gasteiger partial charge in [0.25, 0.3) is 0 Å². The maximum absolute atomic E-state index is 6.36. The molecule has 21 heavy (non-hydrogen) atoms. The third kappa shape index (κ3) is 3.64. The fourth-order valence-corrected chi connectivity index (χ4v) is 3.18. The normalized spacial score (nSPS) is 24.0. The number of halogens is 1. The number of nitrogens with one attached hydrogen (secondary N) is 1.